The maximum absolute atomic E-state index is 4.38. The van der Waals surface area contributed by atoms with Crippen LogP contribution in [0, 0.1) is 11.8 Å². The molecule has 0 aromatic heterocycles. The molecule has 0 aliphatic carbocycles. The molecule has 1 atom stereocenters. The first kappa shape index (κ1) is 17.4. The van der Waals surface area contributed by atoms with E-state index >= 15 is 0 Å². The minimum atomic E-state index is 0.407. The Balaban J connectivity index is 2.04. The highest BCUT2D eigenvalue weighted by molar-refractivity contribution is 5.13. The van der Waals surface area contributed by atoms with Crippen LogP contribution in [0.25, 0.3) is 0 Å². The van der Waals surface area contributed by atoms with E-state index in [0.717, 1.165) is 11.8 Å². The van der Waals surface area contributed by atoms with Crippen molar-refractivity contribution in [1.82, 2.24) is 0 Å². The fraction of sp³-hybridized carbons (Fsp3) is 0.889. The lowest BCUT2D eigenvalue weighted by Gasteiger charge is -2.12. The number of unbranched alkanes of at least 4 members (excludes halogenated alkanes) is 4. The maximum atomic E-state index is 4.38. The monoisotopic (exact) mass is 278 g/mol. The number of hydrogen-bond donors (Lipinski definition) is 0. The van der Waals surface area contributed by atoms with Crippen LogP contribution in [0.4, 0.5) is 0 Å². The predicted molar refractivity (Wildman–Crippen MR) is 88.0 cm³/mol. The molecule has 0 saturated heterocycles. The van der Waals surface area contributed by atoms with Gasteiger partial charge in [0.1, 0.15) is 0 Å². The van der Waals surface area contributed by atoms with Gasteiger partial charge in [0.25, 0.3) is 0 Å². The summed E-state index contributed by atoms with van der Waals surface area (Å²) in [5.74, 6) is 1.64. The molecular weight excluding hydrogens is 244 g/mol. The highest BCUT2D eigenvalue weighted by atomic mass is 15.1. The third-order valence-corrected chi connectivity index (χ3v) is 4.13. The zero-order valence-electron chi connectivity index (χ0n) is 14.1. The first-order valence-corrected chi connectivity index (χ1v) is 8.68. The van der Waals surface area contributed by atoms with Crippen LogP contribution in [0.2, 0.25) is 0 Å². The van der Waals surface area contributed by atoms with Crippen molar-refractivity contribution in [3.05, 3.63) is 11.8 Å². The van der Waals surface area contributed by atoms with Crippen LogP contribution in [-0.4, -0.2) is 6.04 Å². The highest BCUT2D eigenvalue weighted by Gasteiger charge is 2.17. The maximum Gasteiger partial charge on any atom is 0.0940 e. The van der Waals surface area contributed by atoms with Crippen molar-refractivity contribution in [1.29, 1.82) is 0 Å². The summed E-state index contributed by atoms with van der Waals surface area (Å²) in [6, 6.07) is 0.407. The normalized spacial score (nSPS) is 18.3. The summed E-state index contributed by atoms with van der Waals surface area (Å²) >= 11 is 0. The summed E-state index contributed by atoms with van der Waals surface area (Å²) in [5, 5.41) is 8.52. The molecule has 0 radical (unpaired) electrons. The Morgan fingerprint density at radius 2 is 1.55 bits per heavy atom. The molecule has 0 saturated carbocycles. The largest absolute Gasteiger partial charge is 0.181 e. The van der Waals surface area contributed by atoms with Crippen molar-refractivity contribution in [2.45, 2.75) is 91.5 Å². The minimum absolute atomic E-state index is 0.407. The molecule has 2 heteroatoms. The van der Waals surface area contributed by atoms with Crippen molar-refractivity contribution in [3.8, 4) is 0 Å². The number of rotatable bonds is 11. The first-order chi connectivity index (χ1) is 9.59. The molecule has 0 spiro atoms. The van der Waals surface area contributed by atoms with Gasteiger partial charge in [-0.15, -0.1) is 0 Å². The molecule has 2 nitrogen and oxygen atoms in total. The quantitative estimate of drug-likeness (QED) is 0.384. The Bertz CT molecular complexity index is 303. The summed E-state index contributed by atoms with van der Waals surface area (Å²) in [6.07, 6.45) is 13.9. The van der Waals surface area contributed by atoms with Crippen molar-refractivity contribution in [2.24, 2.45) is 22.1 Å². The fourth-order valence-electron chi connectivity index (χ4n) is 2.70. The molecule has 0 aromatic rings. The van der Waals surface area contributed by atoms with E-state index in [4.69, 9.17) is 0 Å². The molecule has 116 valence electrons. The van der Waals surface area contributed by atoms with E-state index in [2.05, 4.69) is 37.9 Å². The number of nitrogens with zero attached hydrogens (tertiary/aromatic N) is 2. The van der Waals surface area contributed by atoms with Crippen LogP contribution in [-0.2, 0) is 0 Å². The van der Waals surface area contributed by atoms with E-state index in [1.54, 1.807) is 0 Å². The minimum Gasteiger partial charge on any atom is -0.181 e. The SMILES string of the molecule is CC(C)CCCCCCCC1N=NC=C1CCC(C)C. The van der Waals surface area contributed by atoms with Crippen molar-refractivity contribution < 1.29 is 0 Å². The predicted octanol–water partition coefficient (Wildman–Crippen LogP) is 6.53. The number of azo groups is 1. The van der Waals surface area contributed by atoms with Gasteiger partial charge in [-0.1, -0.05) is 66.2 Å². The Morgan fingerprint density at radius 1 is 0.900 bits per heavy atom. The van der Waals surface area contributed by atoms with Gasteiger partial charge in [0.05, 0.1) is 12.2 Å². The summed E-state index contributed by atoms with van der Waals surface area (Å²) < 4.78 is 0. The van der Waals surface area contributed by atoms with Crippen LogP contribution in [0.1, 0.15) is 85.5 Å². The molecule has 1 aliphatic rings. The van der Waals surface area contributed by atoms with Crippen LogP contribution in [0.15, 0.2) is 22.0 Å². The second-order valence-electron chi connectivity index (χ2n) is 7.12. The molecule has 20 heavy (non-hydrogen) atoms. The Morgan fingerprint density at radius 3 is 2.25 bits per heavy atom. The molecule has 0 aromatic carbocycles. The summed E-state index contributed by atoms with van der Waals surface area (Å²) in [4.78, 5) is 0. The third kappa shape index (κ3) is 7.81. The summed E-state index contributed by atoms with van der Waals surface area (Å²) in [6.45, 7) is 9.21. The van der Waals surface area contributed by atoms with Crippen molar-refractivity contribution >= 4 is 0 Å². The molecule has 0 bridgehead atoms. The Hall–Kier alpha value is -0.660. The van der Waals surface area contributed by atoms with Gasteiger partial charge in [0.2, 0.25) is 0 Å². The first-order valence-electron chi connectivity index (χ1n) is 8.68. The molecule has 1 heterocycles. The lowest BCUT2D eigenvalue weighted by molar-refractivity contribution is 0.502. The second-order valence-corrected chi connectivity index (χ2v) is 7.12. The molecule has 1 unspecified atom stereocenters. The van der Waals surface area contributed by atoms with Crippen LogP contribution < -0.4 is 0 Å². The molecule has 0 fully saturated rings. The average molecular weight is 278 g/mol. The highest BCUT2D eigenvalue weighted by Crippen LogP contribution is 2.26. The molecular formula is C18H34N2. The third-order valence-electron chi connectivity index (χ3n) is 4.13. The van der Waals surface area contributed by atoms with Gasteiger partial charge >= 0.3 is 0 Å². The van der Waals surface area contributed by atoms with Gasteiger partial charge < -0.3 is 0 Å². The summed E-state index contributed by atoms with van der Waals surface area (Å²) in [5.41, 5.74) is 1.47. The van der Waals surface area contributed by atoms with E-state index in [0.29, 0.717) is 6.04 Å². The smallest absolute Gasteiger partial charge is 0.0940 e. The van der Waals surface area contributed by atoms with E-state index < -0.39 is 0 Å². The zero-order chi connectivity index (χ0) is 14.8. The van der Waals surface area contributed by atoms with Gasteiger partial charge in [-0.3, -0.25) is 0 Å². The Labute approximate surface area is 126 Å². The average Bonchev–Trinajstić information content (AvgIpc) is 2.82. The zero-order valence-corrected chi connectivity index (χ0v) is 14.1. The van der Waals surface area contributed by atoms with E-state index in [9.17, 15) is 0 Å². The van der Waals surface area contributed by atoms with Crippen molar-refractivity contribution in [3.63, 3.8) is 0 Å². The molecule has 0 N–H and O–H groups in total. The molecule has 1 aliphatic heterocycles. The molecule has 1 rings (SSSR count). The van der Waals surface area contributed by atoms with Gasteiger partial charge in [-0.2, -0.15) is 10.2 Å². The van der Waals surface area contributed by atoms with Crippen LogP contribution in [0.5, 0.6) is 0 Å². The van der Waals surface area contributed by atoms with Gasteiger partial charge in [-0.25, -0.2) is 0 Å². The lowest BCUT2D eigenvalue weighted by atomic mass is 9.95. The van der Waals surface area contributed by atoms with Gasteiger partial charge in [-0.05, 0) is 36.7 Å². The topological polar surface area (TPSA) is 24.7 Å². The van der Waals surface area contributed by atoms with E-state index in [-0.39, 0.29) is 0 Å². The number of hydrogen-bond acceptors (Lipinski definition) is 2. The standard InChI is InChI=1S/C18H34N2/c1-15(2)10-8-6-5-7-9-11-18-17(14-19-20-18)13-12-16(3)4/h14-16,18H,5-13H2,1-4H3. The van der Waals surface area contributed by atoms with Crippen LogP contribution in [0.3, 0.4) is 0 Å². The lowest BCUT2D eigenvalue weighted by Crippen LogP contribution is -2.06. The van der Waals surface area contributed by atoms with Gasteiger partial charge in [0.15, 0.2) is 0 Å². The second kappa shape index (κ2) is 10.1. The summed E-state index contributed by atoms with van der Waals surface area (Å²) in [7, 11) is 0. The molecule has 0 amide bonds. The van der Waals surface area contributed by atoms with Crippen LogP contribution >= 0.6 is 0 Å². The van der Waals surface area contributed by atoms with E-state index in [1.165, 1.54) is 63.4 Å². The fourth-order valence-corrected chi connectivity index (χ4v) is 2.70. The van der Waals surface area contributed by atoms with E-state index in [1.807, 2.05) is 6.20 Å². The van der Waals surface area contributed by atoms with Gasteiger partial charge in [0, 0.05) is 0 Å². The Kier molecular flexibility index (Phi) is 8.80. The van der Waals surface area contributed by atoms with Crippen molar-refractivity contribution in [2.75, 3.05) is 0 Å².